The number of nitrogens with two attached hydrogens (primary N) is 1. The molecule has 5 nitrogen and oxygen atoms in total. The van der Waals surface area contributed by atoms with Crippen molar-refractivity contribution in [3.63, 3.8) is 0 Å². The Morgan fingerprint density at radius 1 is 1.23 bits per heavy atom. The van der Waals surface area contributed by atoms with Crippen LogP contribution in [0.4, 0.5) is 10.6 Å². The number of benzene rings is 1. The van der Waals surface area contributed by atoms with Crippen LogP contribution in [0.1, 0.15) is 17.5 Å². The molecule has 0 aliphatic heterocycles. The van der Waals surface area contributed by atoms with Crippen LogP contribution in [-0.4, -0.2) is 17.6 Å². The fourth-order valence-electron chi connectivity index (χ4n) is 1.68. The molecule has 0 unspecified atom stereocenters. The van der Waals surface area contributed by atoms with Crippen molar-refractivity contribution < 1.29 is 9.53 Å². The maximum Gasteiger partial charge on any atom is 0.407 e. The number of pyridine rings is 1. The van der Waals surface area contributed by atoms with Crippen LogP contribution in [-0.2, 0) is 11.3 Å². The third-order valence-corrected chi connectivity index (χ3v) is 2.79. The molecule has 1 aromatic carbocycles. The van der Waals surface area contributed by atoms with Crippen LogP contribution in [0.25, 0.3) is 0 Å². The number of hydrogen-bond acceptors (Lipinski definition) is 4. The van der Waals surface area contributed by atoms with E-state index >= 15 is 0 Å². The lowest BCUT2D eigenvalue weighted by atomic mass is 10.2. The lowest BCUT2D eigenvalue weighted by molar-refractivity contribution is 0.140. The van der Waals surface area contributed by atoms with Crippen LogP contribution in [0.3, 0.4) is 0 Å². The average Bonchev–Trinajstić information content (AvgIpc) is 2.55. The second kappa shape index (κ2) is 8.32. The molecule has 2 rings (SSSR count). The SMILES string of the molecule is Nc1ncccc1C#CCCNC(=O)OCc1ccccc1. The molecule has 3 N–H and O–H groups in total. The van der Waals surface area contributed by atoms with Crippen LogP contribution >= 0.6 is 0 Å². The molecule has 22 heavy (non-hydrogen) atoms. The summed E-state index contributed by atoms with van der Waals surface area (Å²) in [4.78, 5) is 15.4. The fourth-order valence-corrected chi connectivity index (χ4v) is 1.68. The zero-order valence-corrected chi connectivity index (χ0v) is 12.1. The van der Waals surface area contributed by atoms with Crippen molar-refractivity contribution >= 4 is 11.9 Å². The number of alkyl carbamates (subject to hydrolysis) is 1. The molecule has 0 atom stereocenters. The van der Waals surface area contributed by atoms with E-state index in [-0.39, 0.29) is 6.61 Å². The summed E-state index contributed by atoms with van der Waals surface area (Å²) in [6, 6.07) is 13.1. The summed E-state index contributed by atoms with van der Waals surface area (Å²) in [5.41, 5.74) is 7.31. The Hall–Kier alpha value is -3.00. The van der Waals surface area contributed by atoms with E-state index in [4.69, 9.17) is 10.5 Å². The van der Waals surface area contributed by atoms with E-state index < -0.39 is 6.09 Å². The Labute approximate surface area is 129 Å². The van der Waals surface area contributed by atoms with Crippen molar-refractivity contribution in [2.75, 3.05) is 12.3 Å². The first-order valence-electron chi connectivity index (χ1n) is 6.89. The molecule has 1 heterocycles. The van der Waals surface area contributed by atoms with Gasteiger partial charge in [0.25, 0.3) is 0 Å². The smallest absolute Gasteiger partial charge is 0.407 e. The van der Waals surface area contributed by atoms with Gasteiger partial charge in [0.2, 0.25) is 0 Å². The van der Waals surface area contributed by atoms with E-state index in [0.29, 0.717) is 24.3 Å². The lowest BCUT2D eigenvalue weighted by Gasteiger charge is -2.05. The molecule has 2 aromatic rings. The molecule has 112 valence electrons. The minimum Gasteiger partial charge on any atom is -0.445 e. The van der Waals surface area contributed by atoms with Crippen molar-refractivity contribution in [3.8, 4) is 11.8 Å². The Balaban J connectivity index is 1.67. The van der Waals surface area contributed by atoms with E-state index in [2.05, 4.69) is 22.1 Å². The summed E-state index contributed by atoms with van der Waals surface area (Å²) in [6.07, 6.45) is 1.67. The third-order valence-electron chi connectivity index (χ3n) is 2.79. The predicted octanol–water partition coefficient (Wildman–Crippen LogP) is 2.33. The molecule has 1 amide bonds. The summed E-state index contributed by atoms with van der Waals surface area (Å²) >= 11 is 0. The normalized spacial score (nSPS) is 9.45. The van der Waals surface area contributed by atoms with E-state index in [1.165, 1.54) is 0 Å². The predicted molar refractivity (Wildman–Crippen MR) is 84.8 cm³/mol. The molecular formula is C17H17N3O2. The van der Waals surface area contributed by atoms with Gasteiger partial charge in [-0.05, 0) is 17.7 Å². The van der Waals surface area contributed by atoms with Crippen LogP contribution < -0.4 is 11.1 Å². The molecule has 0 saturated heterocycles. The first kappa shape index (κ1) is 15.4. The number of amides is 1. The Morgan fingerprint density at radius 3 is 2.82 bits per heavy atom. The van der Waals surface area contributed by atoms with Crippen LogP contribution in [0.2, 0.25) is 0 Å². The second-order valence-electron chi connectivity index (χ2n) is 4.48. The lowest BCUT2D eigenvalue weighted by Crippen LogP contribution is -2.24. The molecule has 0 saturated carbocycles. The van der Waals surface area contributed by atoms with Gasteiger partial charge < -0.3 is 15.8 Å². The van der Waals surface area contributed by atoms with Gasteiger partial charge in [-0.1, -0.05) is 42.2 Å². The highest BCUT2D eigenvalue weighted by Crippen LogP contribution is 2.04. The number of aromatic nitrogens is 1. The number of anilines is 1. The summed E-state index contributed by atoms with van der Waals surface area (Å²) < 4.78 is 5.08. The molecule has 0 radical (unpaired) electrons. The molecule has 0 spiro atoms. The quantitative estimate of drug-likeness (QED) is 0.670. The van der Waals surface area contributed by atoms with Crippen molar-refractivity contribution in [3.05, 3.63) is 59.8 Å². The van der Waals surface area contributed by atoms with Crippen molar-refractivity contribution in [1.82, 2.24) is 10.3 Å². The Bertz CT molecular complexity index is 675. The summed E-state index contributed by atoms with van der Waals surface area (Å²) in [5, 5.41) is 2.64. The first-order valence-corrected chi connectivity index (χ1v) is 6.89. The van der Waals surface area contributed by atoms with E-state index in [9.17, 15) is 4.79 Å². The van der Waals surface area contributed by atoms with Crippen molar-refractivity contribution in [2.45, 2.75) is 13.0 Å². The highest BCUT2D eigenvalue weighted by Gasteiger charge is 2.00. The molecular weight excluding hydrogens is 278 g/mol. The van der Waals surface area contributed by atoms with Gasteiger partial charge in [0, 0.05) is 19.2 Å². The van der Waals surface area contributed by atoms with Gasteiger partial charge in [-0.25, -0.2) is 9.78 Å². The van der Waals surface area contributed by atoms with Gasteiger partial charge in [0.1, 0.15) is 12.4 Å². The minimum absolute atomic E-state index is 0.255. The number of nitrogen functional groups attached to an aromatic ring is 1. The first-order chi connectivity index (χ1) is 10.8. The van der Waals surface area contributed by atoms with Crippen LogP contribution in [0, 0.1) is 11.8 Å². The fraction of sp³-hybridized carbons (Fsp3) is 0.176. The highest BCUT2D eigenvalue weighted by molar-refractivity contribution is 5.67. The van der Waals surface area contributed by atoms with Gasteiger partial charge in [0.05, 0.1) is 5.56 Å². The largest absolute Gasteiger partial charge is 0.445 e. The van der Waals surface area contributed by atoms with E-state index in [1.807, 2.05) is 30.3 Å². The number of carbonyl (C=O) groups excluding carboxylic acids is 1. The van der Waals surface area contributed by atoms with Crippen LogP contribution in [0.15, 0.2) is 48.7 Å². The van der Waals surface area contributed by atoms with E-state index in [0.717, 1.165) is 5.56 Å². The zero-order chi connectivity index (χ0) is 15.6. The maximum atomic E-state index is 11.5. The number of nitrogens with zero attached hydrogens (tertiary/aromatic N) is 1. The van der Waals surface area contributed by atoms with Gasteiger partial charge in [-0.2, -0.15) is 0 Å². The summed E-state index contributed by atoms with van der Waals surface area (Å²) in [7, 11) is 0. The molecule has 0 aliphatic rings. The average molecular weight is 295 g/mol. The molecule has 0 aliphatic carbocycles. The monoisotopic (exact) mass is 295 g/mol. The van der Waals surface area contributed by atoms with Gasteiger partial charge >= 0.3 is 6.09 Å². The highest BCUT2D eigenvalue weighted by atomic mass is 16.5. The maximum absolute atomic E-state index is 11.5. The number of ether oxygens (including phenoxy) is 1. The van der Waals surface area contributed by atoms with Crippen molar-refractivity contribution in [1.29, 1.82) is 0 Å². The topological polar surface area (TPSA) is 77.2 Å². The number of carbonyl (C=O) groups is 1. The van der Waals surface area contributed by atoms with Gasteiger partial charge in [-0.15, -0.1) is 0 Å². The standard InChI is InChI=1S/C17H17N3O2/c18-16-15(10-6-12-19-16)9-4-5-11-20-17(21)22-13-14-7-2-1-3-8-14/h1-3,6-8,10,12H,5,11,13H2,(H2,18,19)(H,20,21). The zero-order valence-electron chi connectivity index (χ0n) is 12.1. The Morgan fingerprint density at radius 2 is 2.05 bits per heavy atom. The second-order valence-corrected chi connectivity index (χ2v) is 4.48. The minimum atomic E-state index is -0.452. The van der Waals surface area contributed by atoms with Gasteiger partial charge in [0.15, 0.2) is 0 Å². The summed E-state index contributed by atoms with van der Waals surface area (Å²) in [6.45, 7) is 0.672. The Kier molecular flexibility index (Phi) is 5.82. The number of hydrogen-bond donors (Lipinski definition) is 2. The molecule has 0 bridgehead atoms. The number of rotatable bonds is 4. The van der Waals surface area contributed by atoms with Crippen LogP contribution in [0.5, 0.6) is 0 Å². The summed E-state index contributed by atoms with van der Waals surface area (Å²) in [5.74, 6) is 6.25. The molecule has 5 heteroatoms. The number of nitrogens with one attached hydrogen (secondary N) is 1. The van der Waals surface area contributed by atoms with Crippen molar-refractivity contribution in [2.24, 2.45) is 0 Å². The molecule has 0 fully saturated rings. The van der Waals surface area contributed by atoms with E-state index in [1.54, 1.807) is 18.3 Å². The third kappa shape index (κ3) is 5.17. The van der Waals surface area contributed by atoms with Gasteiger partial charge in [-0.3, -0.25) is 0 Å². The molecule has 1 aromatic heterocycles.